The summed E-state index contributed by atoms with van der Waals surface area (Å²) < 4.78 is 26.7. The van der Waals surface area contributed by atoms with Crippen LogP contribution < -0.4 is 0 Å². The first kappa shape index (κ1) is 17.9. The van der Waals surface area contributed by atoms with Gasteiger partial charge in [0, 0.05) is 19.2 Å². The molecule has 0 radical (unpaired) electrons. The topological polar surface area (TPSA) is 85.6 Å². The van der Waals surface area contributed by atoms with Gasteiger partial charge in [-0.05, 0) is 12.8 Å². The number of carbonyl (C=O) groups is 1. The minimum Gasteiger partial charge on any atom is -0.435 e. The molecule has 6 nitrogen and oxygen atoms in total. The predicted octanol–water partition coefficient (Wildman–Crippen LogP) is 3.02. The summed E-state index contributed by atoms with van der Waals surface area (Å²) in [5.41, 5.74) is 0. The molecule has 0 heterocycles. The molecular formula is C12H22NO5P. The molecule has 0 aromatic heterocycles. The Morgan fingerprint density at radius 3 is 2.53 bits per heavy atom. The van der Waals surface area contributed by atoms with Crippen LogP contribution in [0.15, 0.2) is 0 Å². The zero-order chi connectivity index (χ0) is 14.9. The van der Waals surface area contributed by atoms with Crippen molar-refractivity contribution in [3.63, 3.8) is 0 Å². The van der Waals surface area contributed by atoms with Gasteiger partial charge in [-0.2, -0.15) is 5.26 Å². The number of nitrogens with zero attached hydrogens (tertiary/aromatic N) is 1. The van der Waals surface area contributed by atoms with Crippen LogP contribution >= 0.6 is 7.37 Å². The van der Waals surface area contributed by atoms with Crippen LogP contribution in [0.4, 0.5) is 4.79 Å². The summed E-state index contributed by atoms with van der Waals surface area (Å²) in [5.74, 6) is 0.288. The highest BCUT2D eigenvalue weighted by Gasteiger charge is 2.22. The van der Waals surface area contributed by atoms with Crippen molar-refractivity contribution in [1.82, 2.24) is 0 Å². The summed E-state index contributed by atoms with van der Waals surface area (Å²) in [4.78, 5) is 11.1. The van der Waals surface area contributed by atoms with E-state index >= 15 is 0 Å². The van der Waals surface area contributed by atoms with Crippen molar-refractivity contribution < 1.29 is 23.4 Å². The second-order valence-corrected chi connectivity index (χ2v) is 7.37. The lowest BCUT2D eigenvalue weighted by Gasteiger charge is -2.17. The van der Waals surface area contributed by atoms with Crippen LogP contribution in [-0.2, 0) is 18.6 Å². The Morgan fingerprint density at radius 1 is 1.42 bits per heavy atom. The molecule has 0 aliphatic carbocycles. The van der Waals surface area contributed by atoms with Gasteiger partial charge in [0.1, 0.15) is 6.07 Å². The third-order valence-corrected chi connectivity index (χ3v) is 3.89. The summed E-state index contributed by atoms with van der Waals surface area (Å²) in [5, 5.41) is 8.84. The van der Waals surface area contributed by atoms with E-state index in [9.17, 15) is 9.36 Å². The number of hydrogen-bond acceptors (Lipinski definition) is 6. The van der Waals surface area contributed by atoms with Gasteiger partial charge in [-0.1, -0.05) is 13.8 Å². The number of hydrogen-bond donors (Lipinski definition) is 0. The van der Waals surface area contributed by atoms with Crippen molar-refractivity contribution >= 4 is 13.5 Å². The highest BCUT2D eigenvalue weighted by Crippen LogP contribution is 2.43. The number of ether oxygens (including phenoxy) is 2. The third kappa shape index (κ3) is 9.52. The molecule has 0 spiro atoms. The third-order valence-electron chi connectivity index (χ3n) is 2.12. The van der Waals surface area contributed by atoms with Crippen molar-refractivity contribution in [1.29, 1.82) is 5.26 Å². The summed E-state index contributed by atoms with van der Waals surface area (Å²) in [6.07, 6.45) is -1.49. The predicted molar refractivity (Wildman–Crippen MR) is 71.3 cm³/mol. The van der Waals surface area contributed by atoms with Crippen molar-refractivity contribution in [2.45, 2.75) is 33.3 Å². The number of nitriles is 1. The van der Waals surface area contributed by atoms with Gasteiger partial charge in [-0.25, -0.2) is 4.79 Å². The molecule has 0 saturated carbocycles. The fourth-order valence-corrected chi connectivity index (χ4v) is 2.59. The number of carbonyl (C=O) groups excluding carboxylic acids is 1. The Kier molecular flexibility index (Phi) is 8.46. The Labute approximate surface area is 114 Å². The van der Waals surface area contributed by atoms with Crippen LogP contribution in [0.25, 0.3) is 0 Å². The summed E-state index contributed by atoms with van der Waals surface area (Å²) >= 11 is 0. The van der Waals surface area contributed by atoms with Crippen LogP contribution in [-0.4, -0.2) is 38.3 Å². The molecular weight excluding hydrogens is 269 g/mol. The van der Waals surface area contributed by atoms with Gasteiger partial charge < -0.3 is 14.0 Å². The average molecular weight is 291 g/mol. The SMILES string of the molecule is CCOC(=O)OC(C#N)CCP(C)(=O)OCC(C)C. The maximum atomic E-state index is 12.0. The first-order chi connectivity index (χ1) is 8.80. The van der Waals surface area contributed by atoms with Crippen molar-refractivity contribution in [3.8, 4) is 6.07 Å². The van der Waals surface area contributed by atoms with Gasteiger partial charge in [0.05, 0.1) is 13.2 Å². The molecule has 0 N–H and O–H groups in total. The Balaban J connectivity index is 4.16. The van der Waals surface area contributed by atoms with Crippen LogP contribution in [0.5, 0.6) is 0 Å². The lowest BCUT2D eigenvalue weighted by Crippen LogP contribution is -2.19. The largest absolute Gasteiger partial charge is 0.509 e. The van der Waals surface area contributed by atoms with Gasteiger partial charge in [0.25, 0.3) is 0 Å². The number of rotatable bonds is 8. The molecule has 0 amide bonds. The smallest absolute Gasteiger partial charge is 0.435 e. The minimum absolute atomic E-state index is 0.168. The molecule has 2 atom stereocenters. The molecule has 0 aromatic rings. The van der Waals surface area contributed by atoms with E-state index in [-0.39, 0.29) is 25.1 Å². The first-order valence-electron chi connectivity index (χ1n) is 6.24. The van der Waals surface area contributed by atoms with Crippen LogP contribution in [0.3, 0.4) is 0 Å². The molecule has 2 unspecified atom stereocenters. The fourth-order valence-electron chi connectivity index (χ4n) is 1.14. The van der Waals surface area contributed by atoms with Crippen molar-refractivity contribution in [2.75, 3.05) is 26.0 Å². The molecule has 7 heteroatoms. The molecule has 0 bridgehead atoms. The van der Waals surface area contributed by atoms with Crippen LogP contribution in [0, 0.1) is 17.2 Å². The Bertz CT molecular complexity index is 364. The molecule has 0 aliphatic rings. The fraction of sp³-hybridized carbons (Fsp3) is 0.833. The molecule has 110 valence electrons. The molecule has 19 heavy (non-hydrogen) atoms. The quantitative estimate of drug-likeness (QED) is 0.504. The monoisotopic (exact) mass is 291 g/mol. The molecule has 0 fully saturated rings. The van der Waals surface area contributed by atoms with Crippen molar-refractivity contribution in [2.24, 2.45) is 5.92 Å². The summed E-state index contributed by atoms with van der Waals surface area (Å²) in [6, 6.07) is 1.83. The second kappa shape index (κ2) is 8.95. The molecule has 0 aromatic carbocycles. The van der Waals surface area contributed by atoms with Crippen molar-refractivity contribution in [3.05, 3.63) is 0 Å². The van der Waals surface area contributed by atoms with E-state index < -0.39 is 19.6 Å². The average Bonchev–Trinajstić information content (AvgIpc) is 2.32. The van der Waals surface area contributed by atoms with Gasteiger partial charge >= 0.3 is 6.16 Å². The van der Waals surface area contributed by atoms with Gasteiger partial charge in [-0.3, -0.25) is 4.57 Å². The lowest BCUT2D eigenvalue weighted by molar-refractivity contribution is 0.0415. The highest BCUT2D eigenvalue weighted by atomic mass is 31.2. The molecule has 0 rings (SSSR count). The van der Waals surface area contributed by atoms with E-state index in [0.29, 0.717) is 6.61 Å². The summed E-state index contributed by atoms with van der Waals surface area (Å²) in [6.45, 7) is 7.67. The van der Waals surface area contributed by atoms with E-state index in [2.05, 4.69) is 4.74 Å². The highest BCUT2D eigenvalue weighted by molar-refractivity contribution is 7.58. The lowest BCUT2D eigenvalue weighted by atomic mass is 10.2. The zero-order valence-corrected chi connectivity index (χ0v) is 12.8. The summed E-state index contributed by atoms with van der Waals surface area (Å²) in [7, 11) is -2.76. The van der Waals surface area contributed by atoms with Crippen LogP contribution in [0.2, 0.25) is 0 Å². The van der Waals surface area contributed by atoms with E-state index in [1.54, 1.807) is 6.92 Å². The van der Waals surface area contributed by atoms with Crippen LogP contribution in [0.1, 0.15) is 27.2 Å². The molecule has 0 saturated heterocycles. The maximum absolute atomic E-state index is 12.0. The normalized spacial score (nSPS) is 15.4. The Morgan fingerprint density at radius 2 is 2.05 bits per heavy atom. The van der Waals surface area contributed by atoms with E-state index in [4.69, 9.17) is 14.5 Å². The van der Waals surface area contributed by atoms with Gasteiger partial charge in [0.2, 0.25) is 0 Å². The standard InChI is InChI=1S/C12H22NO5P/c1-5-16-12(14)18-11(8-13)6-7-19(4,15)17-9-10(2)3/h10-11H,5-7,9H2,1-4H3. The van der Waals surface area contributed by atoms with Gasteiger partial charge in [0.15, 0.2) is 13.5 Å². The first-order valence-corrected chi connectivity index (χ1v) is 8.50. The minimum atomic E-state index is -2.76. The zero-order valence-electron chi connectivity index (χ0n) is 11.9. The second-order valence-electron chi connectivity index (χ2n) is 4.63. The van der Waals surface area contributed by atoms with E-state index in [1.165, 1.54) is 6.66 Å². The maximum Gasteiger partial charge on any atom is 0.509 e. The van der Waals surface area contributed by atoms with E-state index in [0.717, 1.165) is 0 Å². The van der Waals surface area contributed by atoms with Gasteiger partial charge in [-0.15, -0.1) is 0 Å². The Hall–Kier alpha value is -1.05. The molecule has 0 aliphatic heterocycles. The van der Waals surface area contributed by atoms with E-state index in [1.807, 2.05) is 19.9 Å².